The zero-order valence-corrected chi connectivity index (χ0v) is 13.5. The standard InChI is InChI=1S/C20H14F4N2/c21-18-8-5-12(26-25)10-16(18)19-15-9-11-3-1-2-4-13(11)14(15)6-7-17(19)20(22,23)24/h1-8,10,26H,9,25H2. The van der Waals surface area contributed by atoms with E-state index < -0.39 is 17.6 Å². The van der Waals surface area contributed by atoms with E-state index >= 15 is 0 Å². The van der Waals surface area contributed by atoms with E-state index in [1.165, 1.54) is 18.2 Å². The summed E-state index contributed by atoms with van der Waals surface area (Å²) in [5.41, 5.74) is 4.60. The Labute approximate surface area is 147 Å². The van der Waals surface area contributed by atoms with Gasteiger partial charge in [0.05, 0.1) is 5.56 Å². The van der Waals surface area contributed by atoms with Gasteiger partial charge in [0, 0.05) is 16.8 Å². The highest BCUT2D eigenvalue weighted by atomic mass is 19.4. The van der Waals surface area contributed by atoms with Crippen LogP contribution in [-0.4, -0.2) is 0 Å². The fourth-order valence-corrected chi connectivity index (χ4v) is 3.56. The zero-order valence-electron chi connectivity index (χ0n) is 13.5. The normalized spacial score (nSPS) is 12.7. The fraction of sp³-hybridized carbons (Fsp3) is 0.100. The predicted molar refractivity (Wildman–Crippen MR) is 92.9 cm³/mol. The van der Waals surface area contributed by atoms with Crippen LogP contribution in [0.15, 0.2) is 54.6 Å². The Morgan fingerprint density at radius 1 is 0.885 bits per heavy atom. The molecule has 132 valence electrons. The number of hydrazine groups is 1. The fourth-order valence-electron chi connectivity index (χ4n) is 3.56. The van der Waals surface area contributed by atoms with Crippen molar-refractivity contribution in [3.63, 3.8) is 0 Å². The molecule has 0 heterocycles. The van der Waals surface area contributed by atoms with Crippen molar-refractivity contribution in [2.45, 2.75) is 12.6 Å². The first kappa shape index (κ1) is 16.6. The van der Waals surface area contributed by atoms with Crippen LogP contribution in [0.4, 0.5) is 23.2 Å². The van der Waals surface area contributed by atoms with Crippen LogP contribution < -0.4 is 11.3 Å². The van der Waals surface area contributed by atoms with Crippen molar-refractivity contribution in [1.82, 2.24) is 0 Å². The molecule has 0 saturated carbocycles. The number of hydrogen-bond acceptors (Lipinski definition) is 2. The number of anilines is 1. The lowest BCUT2D eigenvalue weighted by Crippen LogP contribution is -2.11. The number of alkyl halides is 3. The average Bonchev–Trinajstić information content (AvgIpc) is 2.99. The molecule has 0 radical (unpaired) electrons. The molecule has 1 aliphatic carbocycles. The quantitative estimate of drug-likeness (QED) is 0.287. The molecule has 0 spiro atoms. The summed E-state index contributed by atoms with van der Waals surface area (Å²) in [4.78, 5) is 0. The Balaban J connectivity index is 2.05. The van der Waals surface area contributed by atoms with E-state index in [1.54, 1.807) is 0 Å². The van der Waals surface area contributed by atoms with Crippen LogP contribution in [0, 0.1) is 5.82 Å². The van der Waals surface area contributed by atoms with Crippen LogP contribution in [0.5, 0.6) is 0 Å². The van der Waals surface area contributed by atoms with E-state index in [0.717, 1.165) is 23.3 Å². The van der Waals surface area contributed by atoms with Crippen LogP contribution in [-0.2, 0) is 12.6 Å². The third-order valence-corrected chi connectivity index (χ3v) is 4.70. The Bertz CT molecular complexity index is 1010. The van der Waals surface area contributed by atoms with Crippen LogP contribution in [0.3, 0.4) is 0 Å². The molecule has 3 aromatic carbocycles. The number of nitrogen functional groups attached to an aromatic ring is 1. The van der Waals surface area contributed by atoms with Gasteiger partial charge >= 0.3 is 6.18 Å². The number of halogens is 4. The van der Waals surface area contributed by atoms with Crippen LogP contribution in [0.1, 0.15) is 16.7 Å². The van der Waals surface area contributed by atoms with E-state index in [2.05, 4.69) is 5.43 Å². The van der Waals surface area contributed by atoms with Gasteiger partial charge < -0.3 is 5.43 Å². The van der Waals surface area contributed by atoms with Crippen molar-refractivity contribution in [2.24, 2.45) is 5.84 Å². The van der Waals surface area contributed by atoms with Crippen LogP contribution in [0.25, 0.3) is 22.3 Å². The first-order valence-electron chi connectivity index (χ1n) is 7.98. The summed E-state index contributed by atoms with van der Waals surface area (Å²) in [5, 5.41) is 0. The third-order valence-electron chi connectivity index (χ3n) is 4.70. The second kappa shape index (κ2) is 5.85. The summed E-state index contributed by atoms with van der Waals surface area (Å²) < 4.78 is 55.6. The Hall–Kier alpha value is -2.86. The molecule has 0 aromatic heterocycles. The average molecular weight is 358 g/mol. The first-order chi connectivity index (χ1) is 12.4. The van der Waals surface area contributed by atoms with E-state index in [4.69, 9.17) is 5.84 Å². The van der Waals surface area contributed by atoms with E-state index in [9.17, 15) is 17.6 Å². The van der Waals surface area contributed by atoms with Crippen molar-refractivity contribution in [1.29, 1.82) is 0 Å². The largest absolute Gasteiger partial charge is 0.417 e. The smallest absolute Gasteiger partial charge is 0.324 e. The lowest BCUT2D eigenvalue weighted by molar-refractivity contribution is -0.137. The monoisotopic (exact) mass is 358 g/mol. The molecule has 6 heteroatoms. The molecular weight excluding hydrogens is 344 g/mol. The van der Waals surface area contributed by atoms with Gasteiger partial charge in [-0.2, -0.15) is 13.2 Å². The lowest BCUT2D eigenvalue weighted by atomic mass is 9.90. The van der Waals surface area contributed by atoms with Gasteiger partial charge in [0.2, 0.25) is 0 Å². The lowest BCUT2D eigenvalue weighted by Gasteiger charge is -2.18. The summed E-state index contributed by atoms with van der Waals surface area (Å²) in [6.45, 7) is 0. The van der Waals surface area contributed by atoms with Gasteiger partial charge in [-0.05, 0) is 52.9 Å². The van der Waals surface area contributed by atoms with Crippen LogP contribution in [0.2, 0.25) is 0 Å². The Kier molecular flexibility index (Phi) is 3.73. The molecule has 3 aromatic rings. The maximum Gasteiger partial charge on any atom is 0.417 e. The summed E-state index contributed by atoms with van der Waals surface area (Å²) in [5.74, 6) is 4.63. The topological polar surface area (TPSA) is 38.0 Å². The van der Waals surface area contributed by atoms with Crippen molar-refractivity contribution < 1.29 is 17.6 Å². The van der Waals surface area contributed by atoms with Gasteiger partial charge in [0.25, 0.3) is 0 Å². The van der Waals surface area contributed by atoms with Crippen molar-refractivity contribution in [3.8, 4) is 22.3 Å². The maximum atomic E-state index is 14.5. The molecule has 0 aliphatic heterocycles. The van der Waals surface area contributed by atoms with Gasteiger partial charge in [-0.1, -0.05) is 30.3 Å². The minimum Gasteiger partial charge on any atom is -0.324 e. The van der Waals surface area contributed by atoms with E-state index in [1.807, 2.05) is 24.3 Å². The highest BCUT2D eigenvalue weighted by Gasteiger charge is 2.37. The molecule has 0 atom stereocenters. The molecule has 4 rings (SSSR count). The summed E-state index contributed by atoms with van der Waals surface area (Å²) in [6.07, 6.45) is -4.28. The molecule has 0 saturated heterocycles. The van der Waals surface area contributed by atoms with Gasteiger partial charge in [0.1, 0.15) is 5.82 Å². The molecule has 2 nitrogen and oxygen atoms in total. The zero-order chi connectivity index (χ0) is 18.5. The Morgan fingerprint density at radius 3 is 2.38 bits per heavy atom. The second-order valence-corrected chi connectivity index (χ2v) is 6.18. The summed E-state index contributed by atoms with van der Waals surface area (Å²) >= 11 is 0. The van der Waals surface area contributed by atoms with Gasteiger partial charge in [0.15, 0.2) is 0 Å². The first-order valence-corrected chi connectivity index (χ1v) is 7.98. The molecule has 0 amide bonds. The number of benzene rings is 3. The van der Waals surface area contributed by atoms with E-state index in [0.29, 0.717) is 23.2 Å². The number of rotatable bonds is 2. The van der Waals surface area contributed by atoms with Crippen molar-refractivity contribution >= 4 is 5.69 Å². The van der Waals surface area contributed by atoms with Crippen molar-refractivity contribution in [2.75, 3.05) is 5.43 Å². The predicted octanol–water partition coefficient (Wildman–Crippen LogP) is 5.37. The molecule has 3 N–H and O–H groups in total. The molecule has 26 heavy (non-hydrogen) atoms. The number of hydrogen-bond donors (Lipinski definition) is 2. The molecule has 0 bridgehead atoms. The van der Waals surface area contributed by atoms with Gasteiger partial charge in [-0.3, -0.25) is 5.84 Å². The molecule has 0 unspecified atom stereocenters. The third kappa shape index (κ3) is 2.54. The summed E-state index contributed by atoms with van der Waals surface area (Å²) in [7, 11) is 0. The second-order valence-electron chi connectivity index (χ2n) is 6.18. The van der Waals surface area contributed by atoms with Crippen molar-refractivity contribution in [3.05, 3.63) is 77.1 Å². The molecule has 0 fully saturated rings. The SMILES string of the molecule is NNc1ccc(F)c(-c2c(C(F)(F)F)ccc3c2Cc2ccccc2-3)c1. The minimum atomic E-state index is -4.60. The molecular formula is C20H14F4N2. The number of nitrogens with one attached hydrogen (secondary N) is 1. The van der Waals surface area contributed by atoms with Gasteiger partial charge in [-0.15, -0.1) is 0 Å². The Morgan fingerprint density at radius 2 is 1.65 bits per heavy atom. The van der Waals surface area contributed by atoms with Gasteiger partial charge in [-0.25, -0.2) is 4.39 Å². The minimum absolute atomic E-state index is 0.113. The number of fused-ring (bicyclic) bond motifs is 3. The summed E-state index contributed by atoms with van der Waals surface area (Å²) in [6, 6.07) is 13.7. The highest BCUT2D eigenvalue weighted by Crippen LogP contribution is 2.47. The van der Waals surface area contributed by atoms with Crippen LogP contribution >= 0.6 is 0 Å². The highest BCUT2D eigenvalue weighted by molar-refractivity contribution is 5.87. The maximum absolute atomic E-state index is 14.5. The van der Waals surface area contributed by atoms with E-state index in [-0.39, 0.29) is 11.1 Å². The molecule has 1 aliphatic rings. The number of nitrogens with two attached hydrogens (primary N) is 1.